The van der Waals surface area contributed by atoms with E-state index in [1.807, 2.05) is 24.4 Å². The van der Waals surface area contributed by atoms with Gasteiger partial charge in [-0.15, -0.1) is 0 Å². The molecule has 0 saturated carbocycles. The molecule has 124 valence electrons. The molecule has 0 unspecified atom stereocenters. The molecule has 0 saturated heterocycles. The molecule has 3 aromatic heterocycles. The maximum atomic E-state index is 4.61. The van der Waals surface area contributed by atoms with Crippen molar-refractivity contribution in [2.24, 2.45) is 4.99 Å². The smallest absolute Gasteiger partial charge is 0.191 e. The Bertz CT molecular complexity index is 764. The third-order valence-electron chi connectivity index (χ3n) is 3.35. The van der Waals surface area contributed by atoms with Crippen LogP contribution in [0.1, 0.15) is 18.1 Å². The summed E-state index contributed by atoms with van der Waals surface area (Å²) in [6.45, 7) is 4.23. The van der Waals surface area contributed by atoms with Gasteiger partial charge in [-0.05, 0) is 53.1 Å². The first-order chi connectivity index (χ1) is 11.8. The molecule has 0 fully saturated rings. The summed E-state index contributed by atoms with van der Waals surface area (Å²) in [5, 5.41) is 15.0. The van der Waals surface area contributed by atoms with Crippen molar-refractivity contribution in [2.45, 2.75) is 20.0 Å². The monoisotopic (exact) mass is 340 g/mol. The second-order valence-corrected chi connectivity index (χ2v) is 5.93. The fourth-order valence-corrected chi connectivity index (χ4v) is 2.84. The Morgan fingerprint density at radius 1 is 1.25 bits per heavy atom. The molecular weight excluding hydrogens is 320 g/mol. The summed E-state index contributed by atoms with van der Waals surface area (Å²) in [4.78, 5) is 8.95. The van der Waals surface area contributed by atoms with Gasteiger partial charge in [0.1, 0.15) is 0 Å². The average molecular weight is 340 g/mol. The van der Waals surface area contributed by atoms with E-state index in [0.29, 0.717) is 13.1 Å². The van der Waals surface area contributed by atoms with E-state index in [2.05, 4.69) is 49.5 Å². The minimum absolute atomic E-state index is 0.673. The quantitative estimate of drug-likeness (QED) is 0.535. The minimum Gasteiger partial charge on any atom is -0.357 e. The van der Waals surface area contributed by atoms with Crippen LogP contribution in [0.25, 0.3) is 5.82 Å². The van der Waals surface area contributed by atoms with Gasteiger partial charge in [0.05, 0.1) is 6.54 Å². The normalized spacial score (nSPS) is 11.5. The molecule has 0 radical (unpaired) electrons. The molecule has 3 aromatic rings. The topological polar surface area (TPSA) is 67.1 Å². The third kappa shape index (κ3) is 4.42. The lowest BCUT2D eigenvalue weighted by molar-refractivity contribution is 0.805. The Balaban J connectivity index is 1.64. The van der Waals surface area contributed by atoms with Crippen molar-refractivity contribution in [3.8, 4) is 5.82 Å². The van der Waals surface area contributed by atoms with Gasteiger partial charge >= 0.3 is 0 Å². The third-order valence-corrected chi connectivity index (χ3v) is 4.09. The predicted octanol–water partition coefficient (Wildman–Crippen LogP) is 2.58. The Labute approximate surface area is 145 Å². The first-order valence-corrected chi connectivity index (χ1v) is 8.77. The molecule has 3 rings (SSSR count). The second kappa shape index (κ2) is 8.26. The Hall–Kier alpha value is -2.67. The van der Waals surface area contributed by atoms with E-state index < -0.39 is 0 Å². The van der Waals surface area contributed by atoms with Crippen LogP contribution < -0.4 is 10.6 Å². The summed E-state index contributed by atoms with van der Waals surface area (Å²) in [6, 6.07) is 7.98. The number of hydrogen-bond acceptors (Lipinski definition) is 4. The number of guanidine groups is 1. The molecule has 0 aliphatic carbocycles. The highest BCUT2D eigenvalue weighted by Gasteiger charge is 2.02. The fourth-order valence-electron chi connectivity index (χ4n) is 2.18. The van der Waals surface area contributed by atoms with E-state index >= 15 is 0 Å². The number of nitrogens with zero attached hydrogens (tertiary/aromatic N) is 4. The van der Waals surface area contributed by atoms with Gasteiger partial charge in [0, 0.05) is 31.7 Å². The van der Waals surface area contributed by atoms with Gasteiger partial charge in [0.25, 0.3) is 0 Å². The van der Waals surface area contributed by atoms with E-state index in [9.17, 15) is 0 Å². The summed E-state index contributed by atoms with van der Waals surface area (Å²) in [5.74, 6) is 1.61. The molecule has 0 aromatic carbocycles. The van der Waals surface area contributed by atoms with Crippen molar-refractivity contribution < 1.29 is 0 Å². The second-order valence-electron chi connectivity index (χ2n) is 5.15. The average Bonchev–Trinajstić information content (AvgIpc) is 3.31. The highest BCUT2D eigenvalue weighted by atomic mass is 32.1. The summed E-state index contributed by atoms with van der Waals surface area (Å²) in [6.07, 6.45) is 5.42. The molecule has 7 heteroatoms. The Morgan fingerprint density at radius 2 is 2.21 bits per heavy atom. The molecule has 6 nitrogen and oxygen atoms in total. The van der Waals surface area contributed by atoms with Crippen molar-refractivity contribution in [2.75, 3.05) is 6.54 Å². The summed E-state index contributed by atoms with van der Waals surface area (Å²) in [5.41, 5.74) is 2.35. The van der Waals surface area contributed by atoms with Crippen LogP contribution in [0.4, 0.5) is 0 Å². The van der Waals surface area contributed by atoms with E-state index in [4.69, 9.17) is 0 Å². The lowest BCUT2D eigenvalue weighted by Crippen LogP contribution is -2.36. The van der Waals surface area contributed by atoms with Crippen molar-refractivity contribution in [1.82, 2.24) is 25.4 Å². The van der Waals surface area contributed by atoms with Crippen LogP contribution in [-0.2, 0) is 13.1 Å². The highest BCUT2D eigenvalue weighted by Crippen LogP contribution is 2.08. The minimum atomic E-state index is 0.673. The lowest BCUT2D eigenvalue weighted by Gasteiger charge is -2.11. The first-order valence-electron chi connectivity index (χ1n) is 7.83. The van der Waals surface area contributed by atoms with Crippen molar-refractivity contribution in [1.29, 1.82) is 0 Å². The predicted molar refractivity (Wildman–Crippen MR) is 97.3 cm³/mol. The van der Waals surface area contributed by atoms with E-state index in [1.54, 1.807) is 28.4 Å². The van der Waals surface area contributed by atoms with Crippen LogP contribution in [0.3, 0.4) is 0 Å². The maximum Gasteiger partial charge on any atom is 0.191 e. The number of rotatable bonds is 6. The molecular formula is C17H20N6S. The highest BCUT2D eigenvalue weighted by molar-refractivity contribution is 7.07. The number of thiophene rings is 1. The number of nitrogens with one attached hydrogen (secondary N) is 2. The first kappa shape index (κ1) is 16.2. The number of aliphatic imine (C=N–C) groups is 1. The largest absolute Gasteiger partial charge is 0.357 e. The van der Waals surface area contributed by atoms with Crippen molar-refractivity contribution in [3.63, 3.8) is 0 Å². The summed E-state index contributed by atoms with van der Waals surface area (Å²) in [7, 11) is 0. The van der Waals surface area contributed by atoms with Crippen LogP contribution in [-0.4, -0.2) is 27.3 Å². The van der Waals surface area contributed by atoms with Crippen LogP contribution in [0.5, 0.6) is 0 Å². The zero-order chi connectivity index (χ0) is 16.6. The van der Waals surface area contributed by atoms with Gasteiger partial charge < -0.3 is 10.6 Å². The molecule has 3 heterocycles. The molecule has 24 heavy (non-hydrogen) atoms. The van der Waals surface area contributed by atoms with Crippen molar-refractivity contribution >= 4 is 17.3 Å². The molecule has 0 aliphatic heterocycles. The molecule has 0 spiro atoms. The summed E-state index contributed by atoms with van der Waals surface area (Å²) < 4.78 is 1.75. The molecule has 0 atom stereocenters. The SMILES string of the molecule is CCNC(=NCc1ccsc1)NCc1ccnc(-n2cccn2)c1. The van der Waals surface area contributed by atoms with Gasteiger partial charge in [-0.3, -0.25) is 0 Å². The number of hydrogen-bond donors (Lipinski definition) is 2. The number of pyridine rings is 1. The van der Waals surface area contributed by atoms with Gasteiger partial charge in [-0.25, -0.2) is 14.7 Å². The van der Waals surface area contributed by atoms with E-state index in [1.165, 1.54) is 5.56 Å². The van der Waals surface area contributed by atoms with Crippen LogP contribution in [0, 0.1) is 0 Å². The van der Waals surface area contributed by atoms with Gasteiger partial charge in [0.15, 0.2) is 11.8 Å². The molecule has 0 bridgehead atoms. The zero-order valence-electron chi connectivity index (χ0n) is 13.5. The molecule has 0 amide bonds. The van der Waals surface area contributed by atoms with Gasteiger partial charge in [0.2, 0.25) is 0 Å². The fraction of sp³-hybridized carbons (Fsp3) is 0.235. The zero-order valence-corrected chi connectivity index (χ0v) is 14.3. The molecule has 0 aliphatic rings. The lowest BCUT2D eigenvalue weighted by atomic mass is 10.2. The molecule has 2 N–H and O–H groups in total. The van der Waals surface area contributed by atoms with Crippen LogP contribution in [0.15, 0.2) is 58.6 Å². The van der Waals surface area contributed by atoms with E-state index in [0.717, 1.165) is 23.9 Å². The van der Waals surface area contributed by atoms with Crippen LogP contribution in [0.2, 0.25) is 0 Å². The van der Waals surface area contributed by atoms with Gasteiger partial charge in [-0.1, -0.05) is 0 Å². The summed E-state index contributed by atoms with van der Waals surface area (Å²) >= 11 is 1.69. The Kier molecular flexibility index (Phi) is 5.57. The maximum absolute atomic E-state index is 4.61. The number of aromatic nitrogens is 3. The Morgan fingerprint density at radius 3 is 2.96 bits per heavy atom. The standard InChI is InChI=1S/C17H20N6S/c1-2-18-17(21-12-15-5-9-24-13-15)20-11-14-4-7-19-16(10-14)23-8-3-6-22-23/h3-10,13H,2,11-12H2,1H3,(H2,18,20,21). The van der Waals surface area contributed by atoms with Crippen molar-refractivity contribution in [3.05, 3.63) is 64.7 Å². The van der Waals surface area contributed by atoms with Crippen LogP contribution >= 0.6 is 11.3 Å². The van der Waals surface area contributed by atoms with E-state index in [-0.39, 0.29) is 0 Å². The van der Waals surface area contributed by atoms with Gasteiger partial charge in [-0.2, -0.15) is 16.4 Å².